The van der Waals surface area contributed by atoms with Gasteiger partial charge in [-0.2, -0.15) is 0 Å². The largest absolute Gasteiger partial charge is 0.507 e. The Kier molecular flexibility index (Phi) is 6.16. The molecule has 2 rings (SSSR count). The summed E-state index contributed by atoms with van der Waals surface area (Å²) in [7, 11) is 0. The van der Waals surface area contributed by atoms with Crippen molar-refractivity contribution in [3.63, 3.8) is 0 Å². The number of aryl methyl sites for hydroxylation is 1. The van der Waals surface area contributed by atoms with E-state index in [4.69, 9.17) is 0 Å². The Bertz CT molecular complexity index is 806. The van der Waals surface area contributed by atoms with Crippen LogP contribution in [-0.4, -0.2) is 16.3 Å². The molecule has 1 atom stereocenters. The molecule has 0 radical (unpaired) electrons. The molecule has 2 N–H and O–H groups in total. The normalized spacial score (nSPS) is 22.0. The number of rotatable bonds is 2. The van der Waals surface area contributed by atoms with Crippen LogP contribution < -0.4 is 0 Å². The molecular weight excluding hydrogens is 368 g/mol. The molecule has 2 heteroatoms. The average molecular weight is 415 g/mol. The van der Waals surface area contributed by atoms with Crippen molar-refractivity contribution < 1.29 is 10.2 Å². The summed E-state index contributed by atoms with van der Waals surface area (Å²) in [5.74, 6) is 0.377. The van der Waals surface area contributed by atoms with Crippen LogP contribution in [0, 0.1) is 28.6 Å². The third kappa shape index (κ3) is 4.35. The van der Waals surface area contributed by atoms with E-state index in [1.165, 1.54) is 0 Å². The molecule has 0 saturated heterocycles. The molecule has 170 valence electrons. The summed E-state index contributed by atoms with van der Waals surface area (Å²) >= 11 is 0. The van der Waals surface area contributed by atoms with Gasteiger partial charge in [-0.1, -0.05) is 99.9 Å². The first kappa shape index (κ1) is 25.0. The number of allylic oxidation sites excluding steroid dienone is 1. The number of phenolic OH excluding ortho intramolecular Hbond substituents is 1. The van der Waals surface area contributed by atoms with Crippen LogP contribution in [0.2, 0.25) is 0 Å². The Hall–Kier alpha value is -1.28. The van der Waals surface area contributed by atoms with Gasteiger partial charge in [0.05, 0.1) is 6.10 Å². The Morgan fingerprint density at radius 2 is 1.43 bits per heavy atom. The fourth-order valence-corrected chi connectivity index (χ4v) is 6.17. The Morgan fingerprint density at radius 3 is 1.87 bits per heavy atom. The Balaban J connectivity index is 2.66. The molecule has 30 heavy (non-hydrogen) atoms. The van der Waals surface area contributed by atoms with Crippen molar-refractivity contribution in [2.75, 3.05) is 0 Å². The summed E-state index contributed by atoms with van der Waals surface area (Å²) in [6.07, 6.45) is 3.23. The van der Waals surface area contributed by atoms with E-state index in [9.17, 15) is 10.2 Å². The molecule has 1 unspecified atom stereocenters. The molecule has 1 aliphatic carbocycles. The molecule has 0 saturated carbocycles. The lowest BCUT2D eigenvalue weighted by molar-refractivity contribution is -0.142. The summed E-state index contributed by atoms with van der Waals surface area (Å²) in [5.41, 5.74) is 3.48. The minimum Gasteiger partial charge on any atom is -0.507 e. The fraction of sp³-hybridized carbons (Fsp3) is 0.714. The number of phenols is 1. The number of benzene rings is 1. The highest BCUT2D eigenvalue weighted by atomic mass is 16.3. The van der Waals surface area contributed by atoms with Gasteiger partial charge in [0.1, 0.15) is 5.75 Å². The second-order valence-corrected chi connectivity index (χ2v) is 13.5. The monoisotopic (exact) mass is 414 g/mol. The van der Waals surface area contributed by atoms with Crippen molar-refractivity contribution >= 4 is 0 Å². The molecule has 0 heterocycles. The lowest BCUT2D eigenvalue weighted by Crippen LogP contribution is -2.58. The fourth-order valence-electron chi connectivity index (χ4n) is 6.17. The zero-order valence-corrected chi connectivity index (χ0v) is 21.6. The van der Waals surface area contributed by atoms with Crippen LogP contribution in [0.1, 0.15) is 99.3 Å². The third-order valence-electron chi connectivity index (χ3n) is 7.34. The maximum atomic E-state index is 11.9. The van der Waals surface area contributed by atoms with Crippen molar-refractivity contribution in [1.29, 1.82) is 0 Å². The average Bonchev–Trinajstić information content (AvgIpc) is 2.50. The predicted octanol–water partition coefficient (Wildman–Crippen LogP) is 7.34. The first-order valence-electron chi connectivity index (χ1n) is 11.5. The maximum Gasteiger partial charge on any atom is 0.122 e. The number of aliphatic hydroxyl groups is 1. The Labute approximate surface area is 185 Å². The van der Waals surface area contributed by atoms with Crippen LogP contribution >= 0.6 is 0 Å². The van der Waals surface area contributed by atoms with E-state index in [1.807, 2.05) is 0 Å². The van der Waals surface area contributed by atoms with Gasteiger partial charge in [0.25, 0.3) is 0 Å². The minimum absolute atomic E-state index is 0.0264. The van der Waals surface area contributed by atoms with Crippen LogP contribution in [0.4, 0.5) is 0 Å². The van der Waals surface area contributed by atoms with Crippen molar-refractivity contribution in [2.45, 2.75) is 107 Å². The molecule has 1 aromatic rings. The smallest absolute Gasteiger partial charge is 0.122 e. The van der Waals surface area contributed by atoms with Gasteiger partial charge in [0, 0.05) is 5.41 Å². The number of hydrogen-bond donors (Lipinski definition) is 2. The van der Waals surface area contributed by atoms with Crippen LogP contribution in [0.5, 0.6) is 5.75 Å². The summed E-state index contributed by atoms with van der Waals surface area (Å²) in [4.78, 5) is 0. The SMILES string of the molecule is Cc1cc(CC2=CC(C)(C)CC(C(C)(C)C)(C(C)(C)C)C2O)c(O)c(C(C)(C)C)c1. The summed E-state index contributed by atoms with van der Waals surface area (Å²) < 4.78 is 0. The van der Waals surface area contributed by atoms with Crippen molar-refractivity contribution in [2.24, 2.45) is 21.7 Å². The molecule has 1 aliphatic rings. The van der Waals surface area contributed by atoms with E-state index in [1.54, 1.807) is 0 Å². The number of aromatic hydroxyl groups is 1. The number of aliphatic hydroxyl groups excluding tert-OH is 1. The second kappa shape index (κ2) is 7.40. The quantitative estimate of drug-likeness (QED) is 0.497. The summed E-state index contributed by atoms with van der Waals surface area (Å²) in [5, 5.41) is 23.0. The van der Waals surface area contributed by atoms with E-state index in [-0.39, 0.29) is 27.1 Å². The van der Waals surface area contributed by atoms with Gasteiger partial charge in [-0.3, -0.25) is 0 Å². The van der Waals surface area contributed by atoms with E-state index in [0.29, 0.717) is 12.2 Å². The highest BCUT2D eigenvalue weighted by molar-refractivity contribution is 5.49. The lowest BCUT2D eigenvalue weighted by atomic mass is 9.44. The van der Waals surface area contributed by atoms with Gasteiger partial charge < -0.3 is 10.2 Å². The van der Waals surface area contributed by atoms with Gasteiger partial charge in [0.15, 0.2) is 0 Å². The van der Waals surface area contributed by atoms with Gasteiger partial charge in [-0.15, -0.1) is 0 Å². The molecule has 0 bridgehead atoms. The molecule has 0 amide bonds. The van der Waals surface area contributed by atoms with E-state index in [2.05, 4.69) is 101 Å². The first-order valence-corrected chi connectivity index (χ1v) is 11.5. The van der Waals surface area contributed by atoms with Gasteiger partial charge >= 0.3 is 0 Å². The molecule has 0 aliphatic heterocycles. The van der Waals surface area contributed by atoms with Crippen LogP contribution in [0.15, 0.2) is 23.8 Å². The highest BCUT2D eigenvalue weighted by Crippen LogP contribution is 2.63. The molecule has 0 fully saturated rings. The van der Waals surface area contributed by atoms with Crippen molar-refractivity contribution in [3.8, 4) is 5.75 Å². The van der Waals surface area contributed by atoms with Crippen molar-refractivity contribution in [3.05, 3.63) is 40.5 Å². The van der Waals surface area contributed by atoms with E-state index >= 15 is 0 Å². The minimum atomic E-state index is -0.552. The predicted molar refractivity (Wildman–Crippen MR) is 129 cm³/mol. The van der Waals surface area contributed by atoms with Gasteiger partial charge in [0.2, 0.25) is 0 Å². The summed E-state index contributed by atoms with van der Waals surface area (Å²) in [6, 6.07) is 4.17. The van der Waals surface area contributed by atoms with Crippen LogP contribution in [0.3, 0.4) is 0 Å². The molecule has 0 spiro atoms. The molecule has 1 aromatic carbocycles. The van der Waals surface area contributed by atoms with Gasteiger partial charge in [-0.25, -0.2) is 0 Å². The number of hydrogen-bond acceptors (Lipinski definition) is 2. The van der Waals surface area contributed by atoms with Crippen LogP contribution in [-0.2, 0) is 11.8 Å². The van der Waals surface area contributed by atoms with Crippen LogP contribution in [0.25, 0.3) is 0 Å². The third-order valence-corrected chi connectivity index (χ3v) is 7.34. The Morgan fingerprint density at radius 1 is 0.933 bits per heavy atom. The standard InChI is InChI=1S/C28H46O2/c1-18-13-19(22(29)21(14-18)24(2,3)4)15-20-16-27(11,12)17-28(23(20)30,25(5,6)7)26(8,9)10/h13-14,16,23,29-30H,15,17H2,1-12H3. The van der Waals surface area contributed by atoms with Crippen molar-refractivity contribution in [1.82, 2.24) is 0 Å². The van der Waals surface area contributed by atoms with Gasteiger partial charge in [-0.05, 0) is 58.1 Å². The van der Waals surface area contributed by atoms with E-state index in [0.717, 1.165) is 28.7 Å². The first-order chi connectivity index (χ1) is 13.2. The topological polar surface area (TPSA) is 40.5 Å². The second-order valence-electron chi connectivity index (χ2n) is 13.5. The molecule has 2 nitrogen and oxygen atoms in total. The summed E-state index contributed by atoms with van der Waals surface area (Å²) in [6.45, 7) is 26.6. The highest BCUT2D eigenvalue weighted by Gasteiger charge is 2.59. The zero-order chi connectivity index (χ0) is 23.5. The zero-order valence-electron chi connectivity index (χ0n) is 21.6. The maximum absolute atomic E-state index is 11.9. The lowest BCUT2D eigenvalue weighted by Gasteiger charge is -2.61. The molecular formula is C28H46O2. The van der Waals surface area contributed by atoms with E-state index < -0.39 is 6.10 Å². The molecule has 0 aromatic heterocycles.